The third kappa shape index (κ3) is 3.78. The van der Waals surface area contributed by atoms with Gasteiger partial charge in [0, 0.05) is 35.4 Å². The fourth-order valence-electron chi connectivity index (χ4n) is 1.44. The minimum Gasteiger partial charge on any atom is -0.326 e. The minimum absolute atomic E-state index is 0.548. The van der Waals surface area contributed by atoms with Gasteiger partial charge in [0.15, 0.2) is 0 Å². The molecule has 2 nitrogen and oxygen atoms in total. The van der Waals surface area contributed by atoms with Crippen molar-refractivity contribution in [1.82, 2.24) is 4.90 Å². The third-order valence-corrected chi connectivity index (χ3v) is 3.46. The topological polar surface area (TPSA) is 29.3 Å². The maximum Gasteiger partial charge on any atom is 0.0334 e. The molecule has 0 saturated heterocycles. The van der Waals surface area contributed by atoms with Gasteiger partial charge in [0.1, 0.15) is 0 Å². The molecule has 2 N–H and O–H groups in total. The van der Waals surface area contributed by atoms with Crippen molar-refractivity contribution >= 4 is 11.3 Å². The summed E-state index contributed by atoms with van der Waals surface area (Å²) in [5.41, 5.74) is 5.59. The van der Waals surface area contributed by atoms with E-state index in [1.807, 2.05) is 6.08 Å². The zero-order valence-corrected chi connectivity index (χ0v) is 10.4. The highest BCUT2D eigenvalue weighted by Gasteiger charge is 2.09. The minimum atomic E-state index is 0.548. The van der Waals surface area contributed by atoms with Crippen molar-refractivity contribution < 1.29 is 0 Å². The molecular formula is C12H20N2S. The largest absolute Gasteiger partial charge is 0.326 e. The Kier molecular flexibility index (Phi) is 5.02. The SMILES string of the molecule is C=CCN(Cc1ccc(CN)s1)C(C)C. The monoisotopic (exact) mass is 224 g/mol. The van der Waals surface area contributed by atoms with Gasteiger partial charge in [-0.1, -0.05) is 6.08 Å². The van der Waals surface area contributed by atoms with Crippen LogP contribution in [0.1, 0.15) is 23.6 Å². The van der Waals surface area contributed by atoms with E-state index >= 15 is 0 Å². The van der Waals surface area contributed by atoms with Crippen molar-refractivity contribution in [2.45, 2.75) is 33.0 Å². The van der Waals surface area contributed by atoms with Crippen molar-refractivity contribution in [1.29, 1.82) is 0 Å². The van der Waals surface area contributed by atoms with E-state index in [9.17, 15) is 0 Å². The van der Waals surface area contributed by atoms with Gasteiger partial charge in [0.05, 0.1) is 0 Å². The number of thiophene rings is 1. The maximum absolute atomic E-state index is 5.59. The third-order valence-electron chi connectivity index (χ3n) is 2.37. The fourth-order valence-corrected chi connectivity index (χ4v) is 2.36. The Morgan fingerprint density at radius 3 is 2.60 bits per heavy atom. The molecule has 0 aliphatic carbocycles. The van der Waals surface area contributed by atoms with E-state index in [1.165, 1.54) is 9.75 Å². The second-order valence-electron chi connectivity index (χ2n) is 3.88. The van der Waals surface area contributed by atoms with Gasteiger partial charge in [-0.15, -0.1) is 17.9 Å². The molecule has 15 heavy (non-hydrogen) atoms. The summed E-state index contributed by atoms with van der Waals surface area (Å²) in [6, 6.07) is 4.84. The van der Waals surface area contributed by atoms with Gasteiger partial charge < -0.3 is 5.73 Å². The Morgan fingerprint density at radius 2 is 2.13 bits per heavy atom. The van der Waals surface area contributed by atoms with E-state index in [2.05, 4.69) is 37.5 Å². The molecule has 0 saturated carbocycles. The average Bonchev–Trinajstić information content (AvgIpc) is 2.65. The number of rotatable bonds is 6. The fraction of sp³-hybridized carbons (Fsp3) is 0.500. The highest BCUT2D eigenvalue weighted by molar-refractivity contribution is 7.11. The second kappa shape index (κ2) is 6.05. The molecular weight excluding hydrogens is 204 g/mol. The number of nitrogens with two attached hydrogens (primary N) is 1. The molecule has 0 spiro atoms. The number of nitrogens with zero attached hydrogens (tertiary/aromatic N) is 1. The van der Waals surface area contributed by atoms with E-state index in [-0.39, 0.29) is 0 Å². The van der Waals surface area contributed by atoms with E-state index in [4.69, 9.17) is 5.73 Å². The van der Waals surface area contributed by atoms with Gasteiger partial charge in [-0.3, -0.25) is 4.90 Å². The first-order chi connectivity index (χ1) is 7.17. The van der Waals surface area contributed by atoms with Gasteiger partial charge in [0.2, 0.25) is 0 Å². The number of hydrogen-bond donors (Lipinski definition) is 1. The molecule has 1 rings (SSSR count). The van der Waals surface area contributed by atoms with E-state index < -0.39 is 0 Å². The Balaban J connectivity index is 2.60. The highest BCUT2D eigenvalue weighted by Crippen LogP contribution is 2.18. The predicted molar refractivity (Wildman–Crippen MR) is 68.0 cm³/mol. The zero-order valence-electron chi connectivity index (χ0n) is 9.57. The predicted octanol–water partition coefficient (Wildman–Crippen LogP) is 2.60. The van der Waals surface area contributed by atoms with Gasteiger partial charge in [-0.25, -0.2) is 0 Å². The van der Waals surface area contributed by atoms with Crippen LogP contribution in [-0.2, 0) is 13.1 Å². The lowest BCUT2D eigenvalue weighted by molar-refractivity contribution is 0.239. The lowest BCUT2D eigenvalue weighted by Crippen LogP contribution is -2.29. The molecule has 0 aliphatic heterocycles. The van der Waals surface area contributed by atoms with Crippen LogP contribution in [0.5, 0.6) is 0 Å². The summed E-state index contributed by atoms with van der Waals surface area (Å²) in [5, 5.41) is 0. The number of hydrogen-bond acceptors (Lipinski definition) is 3. The smallest absolute Gasteiger partial charge is 0.0334 e. The Hall–Kier alpha value is -0.640. The molecule has 1 aromatic heterocycles. The van der Waals surface area contributed by atoms with Crippen LogP contribution < -0.4 is 5.73 Å². The van der Waals surface area contributed by atoms with Crippen LogP contribution in [-0.4, -0.2) is 17.5 Å². The van der Waals surface area contributed by atoms with Gasteiger partial charge >= 0.3 is 0 Å². The summed E-state index contributed by atoms with van der Waals surface area (Å²) in [4.78, 5) is 5.03. The molecule has 0 amide bonds. The summed E-state index contributed by atoms with van der Waals surface area (Å²) in [7, 11) is 0. The lowest BCUT2D eigenvalue weighted by Gasteiger charge is -2.24. The molecule has 3 heteroatoms. The van der Waals surface area contributed by atoms with Crippen LogP contribution in [0.25, 0.3) is 0 Å². The Bertz CT molecular complexity index is 304. The molecule has 0 unspecified atom stereocenters. The summed E-state index contributed by atoms with van der Waals surface area (Å²) in [5.74, 6) is 0. The molecule has 0 radical (unpaired) electrons. The van der Waals surface area contributed by atoms with Gasteiger partial charge in [-0.2, -0.15) is 0 Å². The second-order valence-corrected chi connectivity index (χ2v) is 5.14. The summed E-state index contributed by atoms with van der Waals surface area (Å²) in [6.45, 7) is 10.8. The van der Waals surface area contributed by atoms with Crippen molar-refractivity contribution in [3.05, 3.63) is 34.5 Å². The summed E-state index contributed by atoms with van der Waals surface area (Å²) >= 11 is 1.80. The zero-order chi connectivity index (χ0) is 11.3. The standard InChI is InChI=1S/C12H20N2S/c1-4-7-14(10(2)3)9-12-6-5-11(8-13)15-12/h4-6,10H,1,7-9,13H2,2-3H3. The first kappa shape index (κ1) is 12.4. The molecule has 0 aliphatic rings. The average molecular weight is 224 g/mol. The van der Waals surface area contributed by atoms with Crippen LogP contribution >= 0.6 is 11.3 Å². The highest BCUT2D eigenvalue weighted by atomic mass is 32.1. The van der Waals surface area contributed by atoms with Crippen LogP contribution in [0.15, 0.2) is 24.8 Å². The van der Waals surface area contributed by atoms with Crippen LogP contribution in [0, 0.1) is 0 Å². The van der Waals surface area contributed by atoms with E-state index in [1.54, 1.807) is 11.3 Å². The lowest BCUT2D eigenvalue weighted by atomic mass is 10.3. The van der Waals surface area contributed by atoms with Crippen molar-refractivity contribution in [3.63, 3.8) is 0 Å². The van der Waals surface area contributed by atoms with Crippen LogP contribution in [0.2, 0.25) is 0 Å². The summed E-state index contributed by atoms with van der Waals surface area (Å²) in [6.07, 6.45) is 1.96. The maximum atomic E-state index is 5.59. The van der Waals surface area contributed by atoms with Crippen LogP contribution in [0.3, 0.4) is 0 Å². The Morgan fingerprint density at radius 1 is 1.47 bits per heavy atom. The van der Waals surface area contributed by atoms with Crippen molar-refractivity contribution in [2.75, 3.05) is 6.54 Å². The molecule has 1 aromatic rings. The van der Waals surface area contributed by atoms with E-state index in [0.717, 1.165) is 13.1 Å². The molecule has 1 heterocycles. The summed E-state index contributed by atoms with van der Waals surface area (Å²) < 4.78 is 0. The normalized spacial score (nSPS) is 11.3. The molecule has 0 bridgehead atoms. The first-order valence-electron chi connectivity index (χ1n) is 5.30. The molecule has 84 valence electrons. The van der Waals surface area contributed by atoms with Gasteiger partial charge in [0.25, 0.3) is 0 Å². The van der Waals surface area contributed by atoms with Crippen LogP contribution in [0.4, 0.5) is 0 Å². The van der Waals surface area contributed by atoms with Crippen molar-refractivity contribution in [3.8, 4) is 0 Å². The molecule has 0 atom stereocenters. The quantitative estimate of drug-likeness (QED) is 0.753. The van der Waals surface area contributed by atoms with Crippen molar-refractivity contribution in [2.24, 2.45) is 5.73 Å². The molecule has 0 fully saturated rings. The van der Waals surface area contributed by atoms with E-state index in [0.29, 0.717) is 12.6 Å². The van der Waals surface area contributed by atoms with Gasteiger partial charge in [-0.05, 0) is 26.0 Å². The molecule has 0 aromatic carbocycles. The first-order valence-corrected chi connectivity index (χ1v) is 6.11. The Labute approximate surface area is 96.4 Å².